The number of likely N-dealkylation sites (tertiary alicyclic amines) is 1. The van der Waals surface area contributed by atoms with E-state index >= 15 is 0 Å². The van der Waals surface area contributed by atoms with Crippen molar-refractivity contribution in [3.05, 3.63) is 54.1 Å². The van der Waals surface area contributed by atoms with Crippen LogP contribution in [0.5, 0.6) is 0 Å². The third-order valence-corrected chi connectivity index (χ3v) is 7.84. The van der Waals surface area contributed by atoms with Gasteiger partial charge in [-0.15, -0.1) is 12.4 Å². The van der Waals surface area contributed by atoms with Gasteiger partial charge >= 0.3 is 0 Å². The molecule has 31 heavy (non-hydrogen) atoms. The lowest BCUT2D eigenvalue weighted by Crippen LogP contribution is -2.26. The topological polar surface area (TPSA) is 52.7 Å². The molecule has 0 aromatic heterocycles. The van der Waals surface area contributed by atoms with Gasteiger partial charge in [0.2, 0.25) is 0 Å². The molecule has 0 bridgehead atoms. The molecule has 1 N–H and O–H groups in total. The van der Waals surface area contributed by atoms with Crippen molar-refractivity contribution < 1.29 is 8.42 Å². The van der Waals surface area contributed by atoms with Gasteiger partial charge in [0.1, 0.15) is 0 Å². The molecule has 4 rings (SSSR count). The van der Waals surface area contributed by atoms with E-state index in [4.69, 9.17) is 0 Å². The molecule has 2 aliphatic heterocycles. The van der Waals surface area contributed by atoms with Gasteiger partial charge in [-0.3, -0.25) is 4.72 Å². The molecule has 0 aliphatic carbocycles. The zero-order valence-electron chi connectivity index (χ0n) is 18.5. The first-order valence-electron chi connectivity index (χ1n) is 11.2. The molecule has 2 aromatic carbocycles. The summed E-state index contributed by atoms with van der Waals surface area (Å²) in [6.45, 7) is 8.80. The monoisotopic (exact) mass is 463 g/mol. The van der Waals surface area contributed by atoms with Crippen LogP contribution in [0, 0.1) is 0 Å². The van der Waals surface area contributed by atoms with E-state index in [-0.39, 0.29) is 12.4 Å². The Hall–Kier alpha value is -1.76. The minimum absolute atomic E-state index is 0. The second kappa shape index (κ2) is 10.2. The van der Waals surface area contributed by atoms with Crippen LogP contribution in [0.3, 0.4) is 0 Å². The van der Waals surface area contributed by atoms with Crippen LogP contribution in [0.2, 0.25) is 0 Å². The number of halogens is 1. The fraction of sp³-hybridized carbons (Fsp3) is 0.500. The Morgan fingerprint density at radius 3 is 2.52 bits per heavy atom. The number of nitrogens with zero attached hydrogens (tertiary/aromatic N) is 2. The lowest BCUT2D eigenvalue weighted by molar-refractivity contribution is 0.335. The molecule has 2 saturated heterocycles. The van der Waals surface area contributed by atoms with E-state index in [0.29, 0.717) is 22.5 Å². The van der Waals surface area contributed by atoms with Gasteiger partial charge in [0.05, 0.1) is 4.90 Å². The summed E-state index contributed by atoms with van der Waals surface area (Å²) in [6, 6.07) is 15.7. The van der Waals surface area contributed by atoms with E-state index in [2.05, 4.69) is 40.5 Å². The van der Waals surface area contributed by atoms with Crippen LogP contribution in [0.15, 0.2) is 53.4 Å². The van der Waals surface area contributed by atoms with Crippen molar-refractivity contribution in [3.63, 3.8) is 0 Å². The average Bonchev–Trinajstić information content (AvgIpc) is 3.38. The number of hydrogen-bond acceptors (Lipinski definition) is 4. The maximum atomic E-state index is 13.0. The molecule has 2 aliphatic rings. The molecule has 170 valence electrons. The molecule has 7 heteroatoms. The van der Waals surface area contributed by atoms with Crippen molar-refractivity contribution in [2.24, 2.45) is 0 Å². The van der Waals surface area contributed by atoms with Crippen LogP contribution in [-0.2, 0) is 10.0 Å². The van der Waals surface area contributed by atoms with Gasteiger partial charge in [0.25, 0.3) is 10.0 Å². The Morgan fingerprint density at radius 2 is 1.84 bits per heavy atom. The summed E-state index contributed by atoms with van der Waals surface area (Å²) in [6.07, 6.45) is 4.66. The van der Waals surface area contributed by atoms with Gasteiger partial charge in [-0.05, 0) is 87.5 Å². The molecule has 0 radical (unpaired) electrons. The number of benzene rings is 2. The van der Waals surface area contributed by atoms with Crippen molar-refractivity contribution in [1.29, 1.82) is 0 Å². The zero-order valence-corrected chi connectivity index (χ0v) is 20.1. The Morgan fingerprint density at radius 1 is 1.06 bits per heavy atom. The second-order valence-corrected chi connectivity index (χ2v) is 10.4. The van der Waals surface area contributed by atoms with Crippen LogP contribution >= 0.6 is 12.4 Å². The molecule has 2 aromatic rings. The number of anilines is 2. The Bertz CT molecular complexity index is 965. The lowest BCUT2D eigenvalue weighted by atomic mass is 9.98. The van der Waals surface area contributed by atoms with Gasteiger partial charge in [0.15, 0.2) is 0 Å². The quantitative estimate of drug-likeness (QED) is 0.620. The van der Waals surface area contributed by atoms with Crippen molar-refractivity contribution in [3.8, 4) is 0 Å². The van der Waals surface area contributed by atoms with Crippen LogP contribution < -0.4 is 9.62 Å². The highest BCUT2D eigenvalue weighted by molar-refractivity contribution is 7.92. The first-order chi connectivity index (χ1) is 14.5. The summed E-state index contributed by atoms with van der Waals surface area (Å²) in [4.78, 5) is 5.11. The summed E-state index contributed by atoms with van der Waals surface area (Å²) >= 11 is 0. The summed E-state index contributed by atoms with van der Waals surface area (Å²) in [5, 5.41) is 0. The SMILES string of the molecule is CCCN1CC[C@@H](c2ccc(NS(=O)(=O)c3cccc(N4CCCC4C)c3)cc2)C1.Cl. The Labute approximate surface area is 193 Å². The van der Waals surface area contributed by atoms with Crippen molar-refractivity contribution >= 4 is 33.8 Å². The normalized spacial score (nSPS) is 21.8. The first kappa shape index (κ1) is 23.9. The standard InChI is InChI=1S/C24H33N3O2S.ClH/c1-3-14-26-16-13-21(18-26)20-9-11-22(12-10-20)25-30(28,29)24-8-4-7-23(17-24)27-15-5-6-19(27)2;/h4,7-12,17,19,21,25H,3,5-6,13-16,18H2,1-2H3;1H/t19?,21-;/m1./s1. The largest absolute Gasteiger partial charge is 0.369 e. The van der Waals surface area contributed by atoms with E-state index in [1.807, 2.05) is 24.3 Å². The fourth-order valence-electron chi connectivity index (χ4n) is 4.81. The molecule has 2 fully saturated rings. The molecular formula is C24H34ClN3O2S. The van der Waals surface area contributed by atoms with Gasteiger partial charge in [-0.2, -0.15) is 0 Å². The van der Waals surface area contributed by atoms with E-state index in [9.17, 15) is 8.42 Å². The molecular weight excluding hydrogens is 430 g/mol. The van der Waals surface area contributed by atoms with Crippen molar-refractivity contribution in [2.75, 3.05) is 35.8 Å². The van der Waals surface area contributed by atoms with Crippen LogP contribution in [-0.4, -0.2) is 45.5 Å². The van der Waals surface area contributed by atoms with Crippen LogP contribution in [0.25, 0.3) is 0 Å². The fourth-order valence-corrected chi connectivity index (χ4v) is 5.91. The summed E-state index contributed by atoms with van der Waals surface area (Å²) in [7, 11) is -3.62. The maximum absolute atomic E-state index is 13.0. The average molecular weight is 464 g/mol. The molecule has 0 saturated carbocycles. The highest BCUT2D eigenvalue weighted by Crippen LogP contribution is 2.30. The summed E-state index contributed by atoms with van der Waals surface area (Å²) in [5.41, 5.74) is 2.89. The molecule has 2 heterocycles. The molecule has 0 spiro atoms. The Balaban J connectivity index is 0.00000272. The molecule has 1 unspecified atom stereocenters. The summed E-state index contributed by atoms with van der Waals surface area (Å²) < 4.78 is 28.7. The summed E-state index contributed by atoms with van der Waals surface area (Å²) in [5.74, 6) is 0.543. The number of rotatable bonds is 7. The van der Waals surface area contributed by atoms with Gasteiger partial charge in [-0.25, -0.2) is 8.42 Å². The molecule has 5 nitrogen and oxygen atoms in total. The lowest BCUT2D eigenvalue weighted by Gasteiger charge is -2.24. The van der Waals surface area contributed by atoms with Crippen molar-refractivity contribution in [1.82, 2.24) is 4.90 Å². The van der Waals surface area contributed by atoms with E-state index in [0.717, 1.165) is 44.7 Å². The highest BCUT2D eigenvalue weighted by atomic mass is 35.5. The molecule has 0 amide bonds. The van der Waals surface area contributed by atoms with E-state index in [1.54, 1.807) is 12.1 Å². The van der Waals surface area contributed by atoms with Gasteiger partial charge < -0.3 is 9.80 Å². The first-order valence-corrected chi connectivity index (χ1v) is 12.7. The van der Waals surface area contributed by atoms with Crippen LogP contribution in [0.4, 0.5) is 11.4 Å². The predicted octanol–water partition coefficient (Wildman–Crippen LogP) is 5.10. The van der Waals surface area contributed by atoms with Gasteiger partial charge in [0, 0.05) is 30.5 Å². The Kier molecular flexibility index (Phi) is 7.89. The highest BCUT2D eigenvalue weighted by Gasteiger charge is 2.24. The number of hydrogen-bond donors (Lipinski definition) is 1. The second-order valence-electron chi connectivity index (χ2n) is 8.70. The minimum atomic E-state index is -3.62. The maximum Gasteiger partial charge on any atom is 0.261 e. The number of nitrogens with one attached hydrogen (secondary N) is 1. The van der Waals surface area contributed by atoms with E-state index in [1.165, 1.54) is 18.4 Å². The van der Waals surface area contributed by atoms with E-state index < -0.39 is 10.0 Å². The smallest absolute Gasteiger partial charge is 0.261 e. The van der Waals surface area contributed by atoms with Crippen molar-refractivity contribution in [2.45, 2.75) is 56.4 Å². The third kappa shape index (κ3) is 5.54. The minimum Gasteiger partial charge on any atom is -0.369 e. The zero-order chi connectivity index (χ0) is 21.1. The predicted molar refractivity (Wildman–Crippen MR) is 131 cm³/mol. The van der Waals surface area contributed by atoms with Gasteiger partial charge in [-0.1, -0.05) is 25.1 Å². The molecule has 2 atom stereocenters. The number of sulfonamides is 1. The third-order valence-electron chi connectivity index (χ3n) is 6.46. The van der Waals surface area contributed by atoms with Crippen LogP contribution in [0.1, 0.15) is 51.0 Å².